The third kappa shape index (κ3) is 3.95. The number of rotatable bonds is 5. The van der Waals surface area contributed by atoms with Gasteiger partial charge in [0.15, 0.2) is 0 Å². The number of ether oxygens (including phenoxy) is 1. The summed E-state index contributed by atoms with van der Waals surface area (Å²) in [7, 11) is 0. The molecule has 1 N–H and O–H groups in total. The third-order valence-corrected chi connectivity index (χ3v) is 4.00. The molecule has 1 unspecified atom stereocenters. The normalized spacial score (nSPS) is 17.4. The van der Waals surface area contributed by atoms with Crippen LogP contribution in [0.4, 0.5) is 0 Å². The number of hydrogen-bond acceptors (Lipinski definition) is 2. The van der Waals surface area contributed by atoms with Crippen molar-refractivity contribution in [2.75, 3.05) is 13.2 Å². The van der Waals surface area contributed by atoms with Gasteiger partial charge in [-0.3, -0.25) is 4.79 Å². The summed E-state index contributed by atoms with van der Waals surface area (Å²) in [5.41, 5.74) is 3.61. The predicted octanol–water partition coefficient (Wildman–Crippen LogP) is 3.19. The van der Waals surface area contributed by atoms with Crippen molar-refractivity contribution >= 4 is 5.91 Å². The van der Waals surface area contributed by atoms with Gasteiger partial charge in [-0.2, -0.15) is 0 Å². The average molecular weight is 295 g/mol. The minimum atomic E-state index is 0.114. The second kappa shape index (κ2) is 7.23. The summed E-state index contributed by atoms with van der Waals surface area (Å²) >= 11 is 0. The molecule has 1 aliphatic heterocycles. The van der Waals surface area contributed by atoms with Gasteiger partial charge in [-0.05, 0) is 29.5 Å². The summed E-state index contributed by atoms with van der Waals surface area (Å²) in [5, 5.41) is 3.02. The van der Waals surface area contributed by atoms with Crippen molar-refractivity contribution in [3.8, 4) is 11.1 Å². The molecule has 3 nitrogen and oxygen atoms in total. The first-order valence-electron chi connectivity index (χ1n) is 7.83. The molecule has 114 valence electrons. The molecule has 1 fully saturated rings. The van der Waals surface area contributed by atoms with E-state index in [0.717, 1.165) is 19.4 Å². The Bertz CT molecular complexity index is 601. The van der Waals surface area contributed by atoms with Gasteiger partial charge in [0.1, 0.15) is 0 Å². The van der Waals surface area contributed by atoms with Crippen LogP contribution in [-0.2, 0) is 16.0 Å². The molecule has 2 aromatic rings. The van der Waals surface area contributed by atoms with Crippen LogP contribution >= 0.6 is 0 Å². The lowest BCUT2D eigenvalue weighted by atomic mass is 10.0. The first kappa shape index (κ1) is 14.8. The van der Waals surface area contributed by atoms with Gasteiger partial charge >= 0.3 is 0 Å². The molecule has 3 rings (SSSR count). The first-order chi connectivity index (χ1) is 10.8. The molecule has 0 aliphatic carbocycles. The number of amides is 1. The highest BCUT2D eigenvalue weighted by molar-refractivity contribution is 5.76. The van der Waals surface area contributed by atoms with Crippen molar-refractivity contribution in [1.29, 1.82) is 0 Å². The summed E-state index contributed by atoms with van der Waals surface area (Å²) in [6.45, 7) is 1.41. The fourth-order valence-corrected chi connectivity index (χ4v) is 2.70. The summed E-state index contributed by atoms with van der Waals surface area (Å²) in [6, 6.07) is 19.0. The molecule has 0 bridgehead atoms. The van der Waals surface area contributed by atoms with Crippen LogP contribution in [0.5, 0.6) is 0 Å². The minimum absolute atomic E-state index is 0.114. The summed E-state index contributed by atoms with van der Waals surface area (Å²) in [5.74, 6) is 0.114. The van der Waals surface area contributed by atoms with E-state index in [-0.39, 0.29) is 11.9 Å². The third-order valence-electron chi connectivity index (χ3n) is 4.00. The van der Waals surface area contributed by atoms with E-state index in [2.05, 4.69) is 41.7 Å². The van der Waals surface area contributed by atoms with Gasteiger partial charge in [-0.1, -0.05) is 54.6 Å². The maximum Gasteiger partial charge on any atom is 0.220 e. The molecule has 0 radical (unpaired) electrons. The SMILES string of the molecule is O=C(CCc1ccc(-c2ccccc2)cc1)NC1CCOC1. The summed E-state index contributed by atoms with van der Waals surface area (Å²) in [4.78, 5) is 11.9. The molecule has 3 heteroatoms. The number of hydrogen-bond donors (Lipinski definition) is 1. The Balaban J connectivity index is 1.51. The number of benzene rings is 2. The van der Waals surface area contributed by atoms with E-state index in [9.17, 15) is 4.79 Å². The van der Waals surface area contributed by atoms with E-state index in [1.54, 1.807) is 0 Å². The highest BCUT2D eigenvalue weighted by Gasteiger charge is 2.17. The molecule has 0 aromatic heterocycles. The van der Waals surface area contributed by atoms with Crippen LogP contribution in [0.15, 0.2) is 54.6 Å². The molecule has 1 heterocycles. The van der Waals surface area contributed by atoms with Crippen LogP contribution < -0.4 is 5.32 Å². The zero-order chi connectivity index (χ0) is 15.2. The van der Waals surface area contributed by atoms with Gasteiger partial charge in [0.2, 0.25) is 5.91 Å². The van der Waals surface area contributed by atoms with Crippen molar-refractivity contribution in [2.45, 2.75) is 25.3 Å². The van der Waals surface area contributed by atoms with E-state index in [1.165, 1.54) is 16.7 Å². The Labute approximate surface area is 131 Å². The zero-order valence-corrected chi connectivity index (χ0v) is 12.6. The molecule has 22 heavy (non-hydrogen) atoms. The Morgan fingerprint density at radius 2 is 1.77 bits per heavy atom. The number of nitrogens with one attached hydrogen (secondary N) is 1. The lowest BCUT2D eigenvalue weighted by Crippen LogP contribution is -2.35. The Morgan fingerprint density at radius 3 is 2.45 bits per heavy atom. The average Bonchev–Trinajstić information content (AvgIpc) is 3.07. The molecule has 1 atom stereocenters. The fourth-order valence-electron chi connectivity index (χ4n) is 2.70. The minimum Gasteiger partial charge on any atom is -0.379 e. The van der Waals surface area contributed by atoms with Crippen LogP contribution in [-0.4, -0.2) is 25.2 Å². The Kier molecular flexibility index (Phi) is 4.86. The van der Waals surface area contributed by atoms with Crippen molar-refractivity contribution in [2.24, 2.45) is 0 Å². The second-order valence-corrected chi connectivity index (χ2v) is 5.69. The fraction of sp³-hybridized carbons (Fsp3) is 0.316. The Morgan fingerprint density at radius 1 is 1.05 bits per heavy atom. The lowest BCUT2D eigenvalue weighted by Gasteiger charge is -2.10. The summed E-state index contributed by atoms with van der Waals surface area (Å²) < 4.78 is 5.26. The van der Waals surface area contributed by atoms with E-state index >= 15 is 0 Å². The van der Waals surface area contributed by atoms with Gasteiger partial charge in [0, 0.05) is 13.0 Å². The van der Waals surface area contributed by atoms with Crippen molar-refractivity contribution in [3.05, 3.63) is 60.2 Å². The van der Waals surface area contributed by atoms with Crippen LogP contribution in [0.2, 0.25) is 0 Å². The van der Waals surface area contributed by atoms with Gasteiger partial charge in [0.25, 0.3) is 0 Å². The molecular formula is C19H21NO2. The van der Waals surface area contributed by atoms with Crippen molar-refractivity contribution in [1.82, 2.24) is 5.32 Å². The van der Waals surface area contributed by atoms with Gasteiger partial charge < -0.3 is 10.1 Å². The molecule has 1 amide bonds. The number of carbonyl (C=O) groups excluding carboxylic acids is 1. The van der Waals surface area contributed by atoms with Crippen LogP contribution in [0, 0.1) is 0 Å². The number of aryl methyl sites for hydroxylation is 1. The molecule has 1 saturated heterocycles. The van der Waals surface area contributed by atoms with Crippen molar-refractivity contribution in [3.63, 3.8) is 0 Å². The summed E-state index contributed by atoms with van der Waals surface area (Å²) in [6.07, 6.45) is 2.23. The molecule has 0 spiro atoms. The van der Waals surface area contributed by atoms with E-state index in [1.807, 2.05) is 18.2 Å². The van der Waals surface area contributed by atoms with Crippen molar-refractivity contribution < 1.29 is 9.53 Å². The quantitative estimate of drug-likeness (QED) is 0.920. The standard InChI is InChI=1S/C19H21NO2/c21-19(20-18-12-13-22-14-18)11-8-15-6-9-17(10-7-15)16-4-2-1-3-5-16/h1-7,9-10,18H,8,11-14H2,(H,20,21). The number of carbonyl (C=O) groups is 1. The van der Waals surface area contributed by atoms with Crippen LogP contribution in [0.3, 0.4) is 0 Å². The highest BCUT2D eigenvalue weighted by Crippen LogP contribution is 2.19. The van der Waals surface area contributed by atoms with Gasteiger partial charge in [-0.15, -0.1) is 0 Å². The predicted molar refractivity (Wildman–Crippen MR) is 87.6 cm³/mol. The first-order valence-corrected chi connectivity index (χ1v) is 7.83. The van der Waals surface area contributed by atoms with E-state index in [0.29, 0.717) is 13.0 Å². The maximum atomic E-state index is 11.9. The zero-order valence-electron chi connectivity index (χ0n) is 12.6. The van der Waals surface area contributed by atoms with E-state index in [4.69, 9.17) is 4.74 Å². The smallest absolute Gasteiger partial charge is 0.220 e. The molecular weight excluding hydrogens is 274 g/mol. The van der Waals surface area contributed by atoms with E-state index < -0.39 is 0 Å². The Hall–Kier alpha value is -2.13. The topological polar surface area (TPSA) is 38.3 Å². The largest absolute Gasteiger partial charge is 0.379 e. The highest BCUT2D eigenvalue weighted by atomic mass is 16.5. The molecule has 1 aliphatic rings. The van der Waals surface area contributed by atoms with Crippen LogP contribution in [0.1, 0.15) is 18.4 Å². The maximum absolute atomic E-state index is 11.9. The van der Waals surface area contributed by atoms with Crippen LogP contribution in [0.25, 0.3) is 11.1 Å². The monoisotopic (exact) mass is 295 g/mol. The lowest BCUT2D eigenvalue weighted by molar-refractivity contribution is -0.121. The molecule has 0 saturated carbocycles. The van der Waals surface area contributed by atoms with Gasteiger partial charge in [-0.25, -0.2) is 0 Å². The second-order valence-electron chi connectivity index (χ2n) is 5.69. The molecule has 2 aromatic carbocycles. The van der Waals surface area contributed by atoms with Gasteiger partial charge in [0.05, 0.1) is 12.6 Å².